The van der Waals surface area contributed by atoms with E-state index in [0.29, 0.717) is 0 Å². The zero-order chi connectivity index (χ0) is 24.5. The van der Waals surface area contributed by atoms with Crippen LogP contribution >= 0.6 is 0 Å². The van der Waals surface area contributed by atoms with Gasteiger partial charge in [0.05, 0.1) is 0 Å². The van der Waals surface area contributed by atoms with Crippen molar-refractivity contribution in [3.8, 4) is 0 Å². The maximum absolute atomic E-state index is 13.3. The van der Waals surface area contributed by atoms with Crippen LogP contribution in [-0.2, 0) is 0 Å². The Balaban J connectivity index is 8.26. The van der Waals surface area contributed by atoms with Gasteiger partial charge in [-0.1, -0.05) is 0 Å². The van der Waals surface area contributed by atoms with Crippen LogP contribution in [0.3, 0.4) is 0 Å². The molecule has 0 N–H and O–H groups in total. The third-order valence-corrected chi connectivity index (χ3v) is 13.6. The Morgan fingerprint density at radius 1 is 0.241 bits per heavy atom. The van der Waals surface area contributed by atoms with Crippen molar-refractivity contribution in [2.45, 2.75) is 43.7 Å². The molecule has 0 saturated heterocycles. The molecule has 0 heterocycles. The third kappa shape index (κ3) is 3.39. The van der Waals surface area contributed by atoms with Gasteiger partial charge in [0.2, 0.25) is 0 Å². The summed E-state index contributed by atoms with van der Waals surface area (Å²) in [5, 5.41) is 0. The summed E-state index contributed by atoms with van der Waals surface area (Å²) in [4.78, 5) is 0. The molecule has 0 aromatic heterocycles. The first-order valence-electron chi connectivity index (χ1n) is 5.78. The molecule has 0 aliphatic carbocycles. The summed E-state index contributed by atoms with van der Waals surface area (Å²) in [6.45, 7) is 0. The fourth-order valence-corrected chi connectivity index (χ4v) is 10.6. The van der Waals surface area contributed by atoms with E-state index in [2.05, 4.69) is 0 Å². The molecule has 0 aliphatic heterocycles. The van der Waals surface area contributed by atoms with Crippen molar-refractivity contribution in [1.29, 1.82) is 0 Å². The average Bonchev–Trinajstić information content (AvgIpc) is 2.31. The zero-order valence-electron chi connectivity index (χ0n) is 12.1. The Kier molecular flexibility index (Phi) is 6.37. The van der Waals surface area contributed by atoms with Crippen LogP contribution in [0.2, 0.25) is 0 Å². The molecule has 0 bridgehead atoms. The fraction of sp³-hybridized carbons (Fsp3) is 1.00. The summed E-state index contributed by atoms with van der Waals surface area (Å²) in [7, 11) is 0. The van der Waals surface area contributed by atoms with Gasteiger partial charge in [0.25, 0.3) is 0 Å². The SMILES string of the molecule is FC(F)(F)[C](F)(F)[Ge]([C](F)(F)C(F)(F)F)([C](F)(F)C(F)(F)F)[C](F)(F)C(F)(F)F. The van der Waals surface area contributed by atoms with Gasteiger partial charge >= 0.3 is 145 Å². The molecule has 0 rings (SSSR count). The molecule has 176 valence electrons. The molecule has 0 spiro atoms. The van der Waals surface area contributed by atoms with Gasteiger partial charge in [-0.25, -0.2) is 0 Å². The molecule has 29 heavy (non-hydrogen) atoms. The van der Waals surface area contributed by atoms with Crippen molar-refractivity contribution in [2.24, 2.45) is 0 Å². The van der Waals surface area contributed by atoms with Crippen LogP contribution in [0.15, 0.2) is 0 Å². The molecule has 0 amide bonds. The first-order chi connectivity index (χ1) is 12.0. The fourth-order valence-electron chi connectivity index (χ4n) is 2.03. The topological polar surface area (TPSA) is 0 Å². The molecule has 0 unspecified atom stereocenters. The number of hydrogen-bond acceptors (Lipinski definition) is 0. The Hall–Kier alpha value is -0.857. The second-order valence-corrected chi connectivity index (χ2v) is 13.5. The van der Waals surface area contributed by atoms with E-state index in [1.807, 2.05) is 0 Å². The molecule has 0 radical (unpaired) electrons. The summed E-state index contributed by atoms with van der Waals surface area (Å²) >= 11 is -12.9. The number of halogens is 20. The monoisotopic (exact) mass is 550 g/mol. The van der Waals surface area contributed by atoms with Crippen LogP contribution in [0.25, 0.3) is 0 Å². The van der Waals surface area contributed by atoms with Gasteiger partial charge < -0.3 is 0 Å². The summed E-state index contributed by atoms with van der Waals surface area (Å²) in [6.07, 6.45) is -34.1. The van der Waals surface area contributed by atoms with E-state index in [1.165, 1.54) is 0 Å². The van der Waals surface area contributed by atoms with Gasteiger partial charge in [-0.15, -0.1) is 0 Å². The van der Waals surface area contributed by atoms with E-state index in [0.717, 1.165) is 0 Å². The van der Waals surface area contributed by atoms with E-state index in [9.17, 15) is 87.8 Å². The number of rotatable bonds is 4. The van der Waals surface area contributed by atoms with E-state index in [4.69, 9.17) is 0 Å². The Bertz CT molecular complexity index is 486. The second-order valence-electron chi connectivity index (χ2n) is 5.04. The van der Waals surface area contributed by atoms with Gasteiger partial charge in [-0.2, -0.15) is 0 Å². The Labute approximate surface area is 146 Å². The predicted molar refractivity (Wildman–Crippen MR) is 49.8 cm³/mol. The Morgan fingerprint density at radius 2 is 0.345 bits per heavy atom. The van der Waals surface area contributed by atoms with Crippen LogP contribution < -0.4 is 0 Å². The van der Waals surface area contributed by atoms with E-state index in [1.54, 1.807) is 0 Å². The van der Waals surface area contributed by atoms with Gasteiger partial charge in [0.1, 0.15) is 0 Å². The van der Waals surface area contributed by atoms with Crippen molar-refractivity contribution >= 4 is 13.3 Å². The van der Waals surface area contributed by atoms with Gasteiger partial charge in [-0.3, -0.25) is 0 Å². The average molecular weight is 549 g/mol. The minimum atomic E-state index is -12.9. The third-order valence-electron chi connectivity index (χ3n) is 3.31. The normalized spacial score (nSPS) is 17.0. The molecule has 0 atom stereocenters. The molecule has 0 nitrogen and oxygen atoms in total. The van der Waals surface area contributed by atoms with Crippen LogP contribution in [0.4, 0.5) is 87.8 Å². The van der Waals surface area contributed by atoms with E-state index in [-0.39, 0.29) is 0 Å². The van der Waals surface area contributed by atoms with Gasteiger partial charge in [0.15, 0.2) is 0 Å². The summed E-state index contributed by atoms with van der Waals surface area (Å²) in [5.41, 5.74) is 0. The van der Waals surface area contributed by atoms with Crippen LogP contribution in [-0.4, -0.2) is 57.0 Å². The van der Waals surface area contributed by atoms with Crippen LogP contribution in [0.1, 0.15) is 0 Å². The molecule has 0 saturated carbocycles. The van der Waals surface area contributed by atoms with Crippen molar-refractivity contribution in [3.05, 3.63) is 0 Å². The Morgan fingerprint density at radius 3 is 0.414 bits per heavy atom. The zero-order valence-corrected chi connectivity index (χ0v) is 14.2. The summed E-state index contributed by atoms with van der Waals surface area (Å²) < 4.78 is 218. The van der Waals surface area contributed by atoms with E-state index < -0.39 is 57.0 Å². The molecule has 0 fully saturated rings. The van der Waals surface area contributed by atoms with Crippen molar-refractivity contribution in [1.82, 2.24) is 0 Å². The summed E-state index contributed by atoms with van der Waals surface area (Å²) in [5.74, 6) is 0. The molecule has 21 heteroatoms. The molecular formula is C8F20Ge. The van der Waals surface area contributed by atoms with Crippen molar-refractivity contribution < 1.29 is 87.8 Å². The molecular weight excluding hydrogens is 549 g/mol. The van der Waals surface area contributed by atoms with Crippen LogP contribution in [0.5, 0.6) is 0 Å². The standard InChI is InChI=1S/C8F20Ge/c9-1(10,11)5(21,22)29(6(23,24)2(12,13)14,7(25,26)3(15,16)17)8(27,28)4(18,19)20. The first kappa shape index (κ1) is 28.1. The quantitative estimate of drug-likeness (QED) is 0.283. The minimum absolute atomic E-state index is 8.54. The van der Waals surface area contributed by atoms with Crippen LogP contribution in [0, 0.1) is 0 Å². The van der Waals surface area contributed by atoms with E-state index >= 15 is 0 Å². The van der Waals surface area contributed by atoms with Crippen molar-refractivity contribution in [3.63, 3.8) is 0 Å². The summed E-state index contributed by atoms with van der Waals surface area (Å²) in [6, 6.07) is 0. The van der Waals surface area contributed by atoms with Gasteiger partial charge in [-0.05, 0) is 0 Å². The van der Waals surface area contributed by atoms with Gasteiger partial charge in [0, 0.05) is 0 Å². The number of alkyl halides is 20. The maximum atomic E-state index is 13.3. The predicted octanol–water partition coefficient (Wildman–Crippen LogP) is 6.38. The molecule has 0 aromatic carbocycles. The number of hydrogen-bond donors (Lipinski definition) is 0. The first-order valence-corrected chi connectivity index (χ1v) is 9.98. The second kappa shape index (κ2) is 6.57. The van der Waals surface area contributed by atoms with Crippen molar-refractivity contribution in [2.75, 3.05) is 0 Å². The molecule has 0 aliphatic rings. The molecule has 0 aromatic rings.